The van der Waals surface area contributed by atoms with Crippen LogP contribution in [0.3, 0.4) is 0 Å². The Morgan fingerprint density at radius 1 is 1.53 bits per heavy atom. The fourth-order valence-electron chi connectivity index (χ4n) is 2.38. The summed E-state index contributed by atoms with van der Waals surface area (Å²) in [7, 11) is 0. The second-order valence-electron chi connectivity index (χ2n) is 5.22. The van der Waals surface area contributed by atoms with Crippen LogP contribution in [0.25, 0.3) is 0 Å². The van der Waals surface area contributed by atoms with Crippen molar-refractivity contribution >= 4 is 11.7 Å². The molecule has 0 aromatic carbocycles. The van der Waals surface area contributed by atoms with Gasteiger partial charge in [0, 0.05) is 5.69 Å². The van der Waals surface area contributed by atoms with Crippen LogP contribution in [-0.4, -0.2) is 16.9 Å². The highest BCUT2D eigenvalue weighted by Crippen LogP contribution is 2.25. The van der Waals surface area contributed by atoms with Gasteiger partial charge in [-0.2, -0.15) is 5.26 Å². The molecule has 0 aliphatic heterocycles. The second kappa shape index (κ2) is 5.27. The van der Waals surface area contributed by atoms with Crippen molar-refractivity contribution in [1.82, 2.24) is 4.98 Å². The average molecular weight is 258 g/mol. The summed E-state index contributed by atoms with van der Waals surface area (Å²) in [5.41, 5.74) is 8.02. The van der Waals surface area contributed by atoms with E-state index in [1.165, 1.54) is 0 Å². The molecule has 0 radical (unpaired) electrons. The van der Waals surface area contributed by atoms with Crippen molar-refractivity contribution < 1.29 is 4.79 Å². The van der Waals surface area contributed by atoms with Crippen LogP contribution >= 0.6 is 0 Å². The summed E-state index contributed by atoms with van der Waals surface area (Å²) in [5, 5.41) is 12.2. The van der Waals surface area contributed by atoms with Crippen molar-refractivity contribution in [1.29, 1.82) is 5.26 Å². The lowest BCUT2D eigenvalue weighted by molar-refractivity contribution is -0.119. The zero-order valence-electron chi connectivity index (χ0n) is 11.2. The van der Waals surface area contributed by atoms with E-state index in [4.69, 9.17) is 5.73 Å². The molecule has 5 nitrogen and oxygen atoms in total. The van der Waals surface area contributed by atoms with Crippen LogP contribution in [0.1, 0.15) is 37.1 Å². The smallest absolute Gasteiger partial charge is 0.240 e. The van der Waals surface area contributed by atoms with Crippen LogP contribution in [0.5, 0.6) is 0 Å². The molecule has 5 heteroatoms. The number of pyridine rings is 1. The summed E-state index contributed by atoms with van der Waals surface area (Å²) in [6, 6.07) is 3.49. The summed E-state index contributed by atoms with van der Waals surface area (Å²) in [6.45, 7) is 3.81. The van der Waals surface area contributed by atoms with Gasteiger partial charge in [0.05, 0.1) is 5.56 Å². The summed E-state index contributed by atoms with van der Waals surface area (Å²) in [6.07, 6.45) is 2.97. The minimum absolute atomic E-state index is 0.0408. The number of hydrogen-bond acceptors (Lipinski definition) is 4. The molecule has 0 spiro atoms. The van der Waals surface area contributed by atoms with Gasteiger partial charge in [0.2, 0.25) is 5.91 Å². The zero-order chi connectivity index (χ0) is 14.0. The Kier molecular flexibility index (Phi) is 3.70. The average Bonchev–Trinajstić information content (AvgIpc) is 2.80. The third-order valence-corrected chi connectivity index (χ3v) is 3.44. The third-order valence-electron chi connectivity index (χ3n) is 3.44. The Bertz CT molecular complexity index is 545. The summed E-state index contributed by atoms with van der Waals surface area (Å²) in [5.74, 6) is 0.0842. The molecule has 1 unspecified atom stereocenters. The van der Waals surface area contributed by atoms with E-state index in [1.807, 2.05) is 19.9 Å². The first-order chi connectivity index (χ1) is 9.02. The first-order valence-corrected chi connectivity index (χ1v) is 6.51. The van der Waals surface area contributed by atoms with E-state index in [0.717, 1.165) is 30.5 Å². The number of primary amides is 1. The number of nitriles is 1. The molecule has 1 aromatic rings. The topological polar surface area (TPSA) is 91.8 Å². The highest BCUT2D eigenvalue weighted by Gasteiger charge is 2.23. The summed E-state index contributed by atoms with van der Waals surface area (Å²) >= 11 is 0. The Morgan fingerprint density at radius 2 is 2.26 bits per heavy atom. The predicted octanol–water partition coefficient (Wildman–Crippen LogP) is 1.36. The number of carbonyl (C=O) groups excluding carboxylic acids is 1. The van der Waals surface area contributed by atoms with Gasteiger partial charge in [0.1, 0.15) is 17.9 Å². The zero-order valence-corrected chi connectivity index (χ0v) is 11.2. The number of aryl methyl sites for hydroxylation is 2. The van der Waals surface area contributed by atoms with E-state index >= 15 is 0 Å². The van der Waals surface area contributed by atoms with Crippen LogP contribution in [0.2, 0.25) is 0 Å². The van der Waals surface area contributed by atoms with Gasteiger partial charge in [-0.25, -0.2) is 4.98 Å². The van der Waals surface area contributed by atoms with Crippen molar-refractivity contribution in [2.45, 2.75) is 39.2 Å². The Hall–Kier alpha value is -2.09. The summed E-state index contributed by atoms with van der Waals surface area (Å²) < 4.78 is 0. The molecule has 1 amide bonds. The number of nitrogens with one attached hydrogen (secondary N) is 1. The largest absolute Gasteiger partial charge is 0.368 e. The van der Waals surface area contributed by atoms with Gasteiger partial charge < -0.3 is 11.1 Å². The number of hydrogen-bond donors (Lipinski definition) is 2. The molecule has 0 bridgehead atoms. The van der Waals surface area contributed by atoms with Gasteiger partial charge in [0.25, 0.3) is 0 Å². The molecule has 2 rings (SSSR count). The fourth-order valence-corrected chi connectivity index (χ4v) is 2.38. The highest BCUT2D eigenvalue weighted by molar-refractivity contribution is 5.83. The van der Waals surface area contributed by atoms with E-state index in [-0.39, 0.29) is 5.92 Å². The van der Waals surface area contributed by atoms with Crippen LogP contribution in [-0.2, 0) is 17.6 Å². The molecular formula is C14H18N4O. The number of nitrogens with zero attached hydrogens (tertiary/aromatic N) is 2. The van der Waals surface area contributed by atoms with E-state index in [1.54, 1.807) is 0 Å². The normalized spacial score (nSPS) is 14.8. The van der Waals surface area contributed by atoms with Crippen molar-refractivity contribution in [3.63, 3.8) is 0 Å². The number of nitrogens with two attached hydrogens (primary N) is 1. The molecule has 19 heavy (non-hydrogen) atoms. The maximum absolute atomic E-state index is 11.4. The highest BCUT2D eigenvalue weighted by atomic mass is 16.1. The number of carbonyl (C=O) groups is 1. The molecule has 0 saturated carbocycles. The van der Waals surface area contributed by atoms with E-state index in [2.05, 4.69) is 16.4 Å². The predicted molar refractivity (Wildman–Crippen MR) is 72.4 cm³/mol. The number of anilines is 1. The van der Waals surface area contributed by atoms with Gasteiger partial charge in [0.15, 0.2) is 0 Å². The lowest BCUT2D eigenvalue weighted by Crippen LogP contribution is -2.40. The van der Waals surface area contributed by atoms with Crippen molar-refractivity contribution in [2.24, 2.45) is 11.7 Å². The van der Waals surface area contributed by atoms with Crippen LogP contribution in [0, 0.1) is 17.2 Å². The number of amides is 1. The van der Waals surface area contributed by atoms with Crippen LogP contribution in [0.15, 0.2) is 6.07 Å². The van der Waals surface area contributed by atoms with Gasteiger partial charge in [-0.3, -0.25) is 4.79 Å². The van der Waals surface area contributed by atoms with E-state index < -0.39 is 11.9 Å². The molecule has 1 aliphatic carbocycles. The minimum atomic E-state index is -0.515. The Labute approximate surface area is 112 Å². The van der Waals surface area contributed by atoms with Crippen molar-refractivity contribution in [3.8, 4) is 6.07 Å². The van der Waals surface area contributed by atoms with Gasteiger partial charge in [-0.05, 0) is 36.8 Å². The van der Waals surface area contributed by atoms with Gasteiger partial charge >= 0.3 is 0 Å². The first kappa shape index (κ1) is 13.3. The molecule has 100 valence electrons. The monoisotopic (exact) mass is 258 g/mol. The molecule has 1 aromatic heterocycles. The molecular weight excluding hydrogens is 240 g/mol. The van der Waals surface area contributed by atoms with Gasteiger partial charge in [-0.15, -0.1) is 0 Å². The Morgan fingerprint density at radius 3 is 2.84 bits per heavy atom. The quantitative estimate of drug-likeness (QED) is 0.853. The number of rotatable bonds is 4. The maximum atomic E-state index is 11.4. The first-order valence-electron chi connectivity index (χ1n) is 6.51. The maximum Gasteiger partial charge on any atom is 0.240 e. The van der Waals surface area contributed by atoms with E-state index in [0.29, 0.717) is 11.4 Å². The minimum Gasteiger partial charge on any atom is -0.368 e. The SMILES string of the molecule is CC(C)C(Nc1nc2c(cc1C#N)CCC2)C(N)=O. The standard InChI is InChI=1S/C14H18N4O/c1-8(2)12(13(16)19)18-14-10(7-15)6-9-4-3-5-11(9)17-14/h6,8,12H,3-5H2,1-2H3,(H2,16,19)(H,17,18). The lowest BCUT2D eigenvalue weighted by Gasteiger charge is -2.20. The van der Waals surface area contributed by atoms with E-state index in [9.17, 15) is 10.1 Å². The second-order valence-corrected chi connectivity index (χ2v) is 5.22. The van der Waals surface area contributed by atoms with Gasteiger partial charge in [-0.1, -0.05) is 13.8 Å². The van der Waals surface area contributed by atoms with Crippen LogP contribution in [0.4, 0.5) is 5.82 Å². The summed E-state index contributed by atoms with van der Waals surface area (Å²) in [4.78, 5) is 15.9. The number of aromatic nitrogens is 1. The fraction of sp³-hybridized carbons (Fsp3) is 0.500. The molecule has 0 saturated heterocycles. The molecule has 3 N–H and O–H groups in total. The molecule has 1 heterocycles. The molecule has 1 aliphatic rings. The third kappa shape index (κ3) is 2.68. The molecule has 0 fully saturated rings. The lowest BCUT2D eigenvalue weighted by atomic mass is 10.0. The molecule has 1 atom stereocenters. The van der Waals surface area contributed by atoms with Crippen molar-refractivity contribution in [3.05, 3.63) is 22.9 Å². The number of fused-ring (bicyclic) bond motifs is 1. The Balaban J connectivity index is 2.34. The van der Waals surface area contributed by atoms with Crippen LogP contribution < -0.4 is 11.1 Å². The van der Waals surface area contributed by atoms with Crippen molar-refractivity contribution in [2.75, 3.05) is 5.32 Å².